The van der Waals surface area contributed by atoms with Crippen molar-refractivity contribution in [2.24, 2.45) is 0 Å². The van der Waals surface area contributed by atoms with Crippen molar-refractivity contribution in [2.45, 2.75) is 25.3 Å². The van der Waals surface area contributed by atoms with Crippen LogP contribution in [-0.2, 0) is 21.4 Å². The third kappa shape index (κ3) is 6.85. The van der Waals surface area contributed by atoms with E-state index in [1.165, 1.54) is 4.31 Å². The Bertz CT molecular complexity index is 1510. The molecule has 0 bridgehead atoms. The summed E-state index contributed by atoms with van der Waals surface area (Å²) in [6.45, 7) is 4.42. The number of benzene rings is 3. The molecule has 37 heavy (non-hydrogen) atoms. The molecule has 0 saturated carbocycles. The number of halogens is 1. The van der Waals surface area contributed by atoms with Crippen molar-refractivity contribution in [1.29, 1.82) is 0 Å². The van der Waals surface area contributed by atoms with Gasteiger partial charge in [0.05, 0.1) is 17.0 Å². The molecule has 192 valence electrons. The van der Waals surface area contributed by atoms with Crippen LogP contribution in [0.3, 0.4) is 0 Å². The lowest BCUT2D eigenvalue weighted by atomic mass is 10.1. The molecule has 1 heterocycles. The summed E-state index contributed by atoms with van der Waals surface area (Å²) in [6, 6.07) is 21.6. The van der Waals surface area contributed by atoms with Gasteiger partial charge in [0, 0.05) is 41.9 Å². The molecular formula is C28H29ClN4O3S. The number of hydrogen-bond donors (Lipinski definition) is 2. The third-order valence-electron chi connectivity index (χ3n) is 5.89. The molecule has 7 nitrogen and oxygen atoms in total. The molecule has 4 aromatic rings. The molecular weight excluding hydrogens is 508 g/mol. The summed E-state index contributed by atoms with van der Waals surface area (Å²) in [5, 5.41) is 7.65. The second kappa shape index (κ2) is 11.7. The van der Waals surface area contributed by atoms with E-state index in [0.29, 0.717) is 18.1 Å². The SMILES string of the molecule is Cc1ccc(S(=O)(=O)N(CC(=O)NCCNc2ccnc3cc(Cl)ccc23)Cc2cccc(C)c2)cc1. The Morgan fingerprint density at radius 1 is 0.946 bits per heavy atom. The molecule has 0 unspecified atom stereocenters. The van der Waals surface area contributed by atoms with Gasteiger partial charge in [-0.25, -0.2) is 8.42 Å². The highest BCUT2D eigenvalue weighted by molar-refractivity contribution is 7.89. The number of rotatable bonds is 10. The van der Waals surface area contributed by atoms with E-state index in [9.17, 15) is 13.2 Å². The van der Waals surface area contributed by atoms with Crippen molar-refractivity contribution in [3.05, 3.63) is 101 Å². The standard InChI is InChI=1S/C28H29ClN4O3S/c1-20-6-9-24(10-7-20)37(35,36)33(18-22-5-3-4-21(2)16-22)19-28(34)32-15-14-31-26-12-13-30-27-17-23(29)8-11-25(26)27/h3-13,16-17H,14-15,18-19H2,1-2H3,(H,30,31)(H,32,34). The first-order valence-electron chi connectivity index (χ1n) is 11.9. The summed E-state index contributed by atoms with van der Waals surface area (Å²) < 4.78 is 28.1. The van der Waals surface area contributed by atoms with E-state index in [0.717, 1.165) is 33.3 Å². The maximum absolute atomic E-state index is 13.5. The number of sulfonamides is 1. The second-order valence-corrected chi connectivity index (χ2v) is 11.2. The fourth-order valence-corrected chi connectivity index (χ4v) is 5.54. The van der Waals surface area contributed by atoms with E-state index in [4.69, 9.17) is 11.6 Å². The molecule has 0 saturated heterocycles. The van der Waals surface area contributed by atoms with Gasteiger partial charge >= 0.3 is 0 Å². The highest BCUT2D eigenvalue weighted by Crippen LogP contribution is 2.24. The Hall–Kier alpha value is -3.46. The van der Waals surface area contributed by atoms with Gasteiger partial charge in [0.25, 0.3) is 0 Å². The van der Waals surface area contributed by atoms with Crippen LogP contribution in [0.2, 0.25) is 5.02 Å². The average Bonchev–Trinajstić information content (AvgIpc) is 2.86. The van der Waals surface area contributed by atoms with Crippen molar-refractivity contribution < 1.29 is 13.2 Å². The minimum absolute atomic E-state index is 0.0924. The summed E-state index contributed by atoms with van der Waals surface area (Å²) in [5.74, 6) is -0.378. The number of nitrogens with one attached hydrogen (secondary N) is 2. The molecule has 9 heteroatoms. The smallest absolute Gasteiger partial charge is 0.243 e. The monoisotopic (exact) mass is 536 g/mol. The van der Waals surface area contributed by atoms with Gasteiger partial charge in [-0.1, -0.05) is 59.1 Å². The van der Waals surface area contributed by atoms with E-state index < -0.39 is 10.0 Å². The minimum atomic E-state index is -3.89. The van der Waals surface area contributed by atoms with Crippen LogP contribution >= 0.6 is 11.6 Å². The van der Waals surface area contributed by atoms with Gasteiger partial charge in [0.1, 0.15) is 0 Å². The molecule has 1 aromatic heterocycles. The van der Waals surface area contributed by atoms with Crippen molar-refractivity contribution in [3.63, 3.8) is 0 Å². The van der Waals surface area contributed by atoms with Gasteiger partial charge in [-0.15, -0.1) is 0 Å². The van der Waals surface area contributed by atoms with E-state index in [2.05, 4.69) is 15.6 Å². The number of fused-ring (bicyclic) bond motifs is 1. The fourth-order valence-electron chi connectivity index (χ4n) is 3.99. The van der Waals surface area contributed by atoms with Crippen LogP contribution in [0.25, 0.3) is 10.9 Å². The zero-order chi connectivity index (χ0) is 26.4. The number of aryl methyl sites for hydroxylation is 2. The maximum Gasteiger partial charge on any atom is 0.243 e. The van der Waals surface area contributed by atoms with Crippen LogP contribution in [0.15, 0.2) is 83.9 Å². The minimum Gasteiger partial charge on any atom is -0.383 e. The largest absolute Gasteiger partial charge is 0.383 e. The molecule has 0 spiro atoms. The van der Waals surface area contributed by atoms with Gasteiger partial charge < -0.3 is 10.6 Å². The van der Waals surface area contributed by atoms with Gasteiger partial charge in [-0.05, 0) is 55.8 Å². The summed E-state index contributed by atoms with van der Waals surface area (Å²) in [5.41, 5.74) is 4.44. The van der Waals surface area contributed by atoms with E-state index in [-0.39, 0.29) is 23.9 Å². The Morgan fingerprint density at radius 3 is 2.49 bits per heavy atom. The summed E-state index contributed by atoms with van der Waals surface area (Å²) >= 11 is 6.06. The Balaban J connectivity index is 1.42. The third-order valence-corrected chi connectivity index (χ3v) is 7.93. The van der Waals surface area contributed by atoms with Crippen molar-refractivity contribution >= 4 is 44.1 Å². The first-order valence-corrected chi connectivity index (χ1v) is 13.7. The Labute approximate surface area is 222 Å². The number of nitrogens with zero attached hydrogens (tertiary/aromatic N) is 2. The maximum atomic E-state index is 13.5. The predicted octanol–water partition coefficient (Wildman–Crippen LogP) is 4.92. The summed E-state index contributed by atoms with van der Waals surface area (Å²) in [7, 11) is -3.89. The average molecular weight is 537 g/mol. The van der Waals surface area contributed by atoms with E-state index in [1.807, 2.05) is 50.2 Å². The van der Waals surface area contributed by atoms with Gasteiger partial charge in [0.15, 0.2) is 0 Å². The molecule has 3 aromatic carbocycles. The van der Waals surface area contributed by atoms with E-state index >= 15 is 0 Å². The van der Waals surface area contributed by atoms with Crippen molar-refractivity contribution in [3.8, 4) is 0 Å². The molecule has 0 atom stereocenters. The number of anilines is 1. The van der Waals surface area contributed by atoms with Gasteiger partial charge in [-0.2, -0.15) is 4.31 Å². The molecule has 0 aliphatic heterocycles. The molecule has 0 fully saturated rings. The van der Waals surface area contributed by atoms with Crippen molar-refractivity contribution in [1.82, 2.24) is 14.6 Å². The molecule has 2 N–H and O–H groups in total. The lowest BCUT2D eigenvalue weighted by Gasteiger charge is -2.22. The molecule has 4 rings (SSSR count). The van der Waals surface area contributed by atoms with Gasteiger partial charge in [-0.3, -0.25) is 9.78 Å². The molecule has 0 aliphatic rings. The van der Waals surface area contributed by atoms with Crippen molar-refractivity contribution in [2.75, 3.05) is 25.0 Å². The molecule has 0 aliphatic carbocycles. The van der Waals surface area contributed by atoms with E-state index in [1.54, 1.807) is 42.6 Å². The number of hydrogen-bond acceptors (Lipinski definition) is 5. The normalized spacial score (nSPS) is 11.6. The van der Waals surface area contributed by atoms with Crippen LogP contribution < -0.4 is 10.6 Å². The Kier molecular flexibility index (Phi) is 8.43. The zero-order valence-corrected chi connectivity index (χ0v) is 22.3. The quantitative estimate of drug-likeness (QED) is 0.281. The lowest BCUT2D eigenvalue weighted by molar-refractivity contribution is -0.121. The topological polar surface area (TPSA) is 91.4 Å². The number of carbonyl (C=O) groups is 1. The molecule has 0 radical (unpaired) electrons. The number of carbonyl (C=O) groups excluding carboxylic acids is 1. The number of amides is 1. The predicted molar refractivity (Wildman–Crippen MR) is 148 cm³/mol. The Morgan fingerprint density at radius 2 is 1.73 bits per heavy atom. The summed E-state index contributed by atoms with van der Waals surface area (Å²) in [6.07, 6.45) is 1.69. The van der Waals surface area contributed by atoms with Crippen LogP contribution in [0.4, 0.5) is 5.69 Å². The highest BCUT2D eigenvalue weighted by Gasteiger charge is 2.27. The fraction of sp³-hybridized carbons (Fsp3) is 0.214. The van der Waals surface area contributed by atoms with Gasteiger partial charge in [0.2, 0.25) is 15.9 Å². The van der Waals surface area contributed by atoms with Crippen LogP contribution in [0, 0.1) is 13.8 Å². The second-order valence-electron chi connectivity index (χ2n) is 8.87. The lowest BCUT2D eigenvalue weighted by Crippen LogP contribution is -2.41. The van der Waals surface area contributed by atoms with Crippen LogP contribution in [0.1, 0.15) is 16.7 Å². The summed E-state index contributed by atoms with van der Waals surface area (Å²) in [4.78, 5) is 17.3. The first kappa shape index (κ1) is 26.6. The first-order chi connectivity index (χ1) is 17.7. The highest BCUT2D eigenvalue weighted by atomic mass is 35.5. The molecule has 1 amide bonds. The van der Waals surface area contributed by atoms with Crippen LogP contribution in [-0.4, -0.2) is 43.2 Å². The van der Waals surface area contributed by atoms with Crippen LogP contribution in [0.5, 0.6) is 0 Å². The number of pyridine rings is 1. The number of aromatic nitrogens is 1. The zero-order valence-electron chi connectivity index (χ0n) is 20.7.